The van der Waals surface area contributed by atoms with Crippen molar-refractivity contribution in [1.82, 2.24) is 20.4 Å². The van der Waals surface area contributed by atoms with Gasteiger partial charge in [-0.2, -0.15) is 5.10 Å². The summed E-state index contributed by atoms with van der Waals surface area (Å²) < 4.78 is 30.0. The number of halogens is 2. The average molecular weight is 292 g/mol. The summed E-state index contributed by atoms with van der Waals surface area (Å²) in [6.07, 6.45) is -1.65. The lowest BCUT2D eigenvalue weighted by molar-refractivity contribution is 0.121. The first-order valence-corrected chi connectivity index (χ1v) is 5.94. The van der Waals surface area contributed by atoms with E-state index in [0.29, 0.717) is 5.69 Å². The van der Waals surface area contributed by atoms with Crippen LogP contribution in [0.1, 0.15) is 12.6 Å². The Morgan fingerprint density at radius 3 is 3.00 bits per heavy atom. The molecule has 0 radical (unpaired) electrons. The number of carbonyl (C=O) groups excluding carboxylic acids is 1. The number of nitrogens with one attached hydrogen (secondary N) is 2. The van der Waals surface area contributed by atoms with E-state index in [-0.39, 0.29) is 18.3 Å². The first-order valence-electron chi connectivity index (χ1n) is 5.53. The van der Waals surface area contributed by atoms with Crippen LogP contribution in [0.25, 0.3) is 0 Å². The maximum absolute atomic E-state index is 12.1. The third-order valence-electron chi connectivity index (χ3n) is 1.94. The highest BCUT2D eigenvalue weighted by Gasteiger charge is 2.07. The number of ether oxygens (including phenoxy) is 1. The van der Waals surface area contributed by atoms with E-state index < -0.39 is 19.1 Å². The molecule has 0 bridgehead atoms. The van der Waals surface area contributed by atoms with Crippen molar-refractivity contribution >= 4 is 23.4 Å². The van der Waals surface area contributed by atoms with Crippen LogP contribution in [-0.4, -0.2) is 34.0 Å². The van der Waals surface area contributed by atoms with Crippen molar-refractivity contribution in [3.05, 3.63) is 18.0 Å². The summed E-state index contributed by atoms with van der Waals surface area (Å²) in [6, 6.07) is 1.59. The van der Waals surface area contributed by atoms with Crippen LogP contribution in [-0.2, 0) is 17.8 Å². The monoisotopic (exact) mass is 292 g/mol. The molecule has 1 aromatic heterocycles. The molecule has 0 fully saturated rings. The topological polar surface area (TPSA) is 68.2 Å². The number of aromatic nitrogens is 2. The lowest BCUT2D eigenvalue weighted by Crippen LogP contribution is -2.39. The van der Waals surface area contributed by atoms with Crippen molar-refractivity contribution in [2.75, 3.05) is 6.61 Å². The zero-order valence-corrected chi connectivity index (χ0v) is 11.0. The van der Waals surface area contributed by atoms with Crippen molar-refractivity contribution in [1.29, 1.82) is 0 Å². The Kier molecular flexibility index (Phi) is 6.13. The van der Waals surface area contributed by atoms with E-state index in [1.807, 2.05) is 0 Å². The summed E-state index contributed by atoms with van der Waals surface area (Å²) in [5, 5.41) is 9.00. The van der Waals surface area contributed by atoms with Gasteiger partial charge in [-0.1, -0.05) is 0 Å². The van der Waals surface area contributed by atoms with Gasteiger partial charge in [0.2, 0.25) is 0 Å². The Balaban J connectivity index is 2.33. The first-order chi connectivity index (χ1) is 9.01. The van der Waals surface area contributed by atoms with Crippen LogP contribution in [0.4, 0.5) is 13.6 Å². The average Bonchev–Trinajstić information content (AvgIpc) is 2.73. The molecule has 0 saturated heterocycles. The van der Waals surface area contributed by atoms with Crippen LogP contribution in [0.5, 0.6) is 0 Å². The second-order valence-corrected chi connectivity index (χ2v) is 3.86. The van der Waals surface area contributed by atoms with Gasteiger partial charge in [0, 0.05) is 6.20 Å². The Labute approximate surface area is 114 Å². The van der Waals surface area contributed by atoms with Gasteiger partial charge >= 0.3 is 6.09 Å². The maximum atomic E-state index is 12.1. The van der Waals surface area contributed by atoms with Crippen LogP contribution < -0.4 is 10.6 Å². The molecule has 2 N–H and O–H groups in total. The first kappa shape index (κ1) is 15.3. The summed E-state index contributed by atoms with van der Waals surface area (Å²) in [4.78, 5) is 11.0. The number of nitrogens with zero attached hydrogens (tertiary/aromatic N) is 2. The third kappa shape index (κ3) is 6.09. The van der Waals surface area contributed by atoms with E-state index in [9.17, 15) is 13.6 Å². The third-order valence-corrected chi connectivity index (χ3v) is 2.19. The highest BCUT2D eigenvalue weighted by atomic mass is 32.1. The molecular weight excluding hydrogens is 278 g/mol. The van der Waals surface area contributed by atoms with Gasteiger partial charge in [0.05, 0.1) is 18.8 Å². The van der Waals surface area contributed by atoms with Crippen LogP contribution in [0, 0.1) is 0 Å². The van der Waals surface area contributed by atoms with Crippen molar-refractivity contribution in [3.8, 4) is 0 Å². The normalized spacial score (nSPS) is 10.3. The van der Waals surface area contributed by atoms with Gasteiger partial charge in [0.1, 0.15) is 6.54 Å². The van der Waals surface area contributed by atoms with Crippen LogP contribution in [0.2, 0.25) is 0 Å². The second kappa shape index (κ2) is 7.62. The van der Waals surface area contributed by atoms with Crippen molar-refractivity contribution in [2.24, 2.45) is 0 Å². The zero-order valence-electron chi connectivity index (χ0n) is 10.2. The van der Waals surface area contributed by atoms with E-state index in [1.165, 1.54) is 6.20 Å². The molecule has 1 amide bonds. The molecule has 0 aliphatic heterocycles. The Morgan fingerprint density at radius 2 is 2.37 bits per heavy atom. The van der Waals surface area contributed by atoms with Crippen molar-refractivity contribution < 1.29 is 18.3 Å². The molecule has 6 nitrogen and oxygen atoms in total. The number of rotatable bonds is 5. The molecule has 9 heteroatoms. The predicted octanol–water partition coefficient (Wildman–Crippen LogP) is 1.27. The quantitative estimate of drug-likeness (QED) is 0.800. The highest BCUT2D eigenvalue weighted by molar-refractivity contribution is 7.80. The molecule has 0 atom stereocenters. The maximum Gasteiger partial charge on any atom is 0.413 e. The largest absolute Gasteiger partial charge is 0.450 e. The molecule has 0 aliphatic carbocycles. The van der Waals surface area contributed by atoms with Gasteiger partial charge in [0.15, 0.2) is 5.11 Å². The van der Waals surface area contributed by atoms with Crippen LogP contribution in [0.15, 0.2) is 12.3 Å². The minimum absolute atomic E-state index is 0.0851. The molecule has 0 unspecified atom stereocenters. The molecule has 0 spiro atoms. The fourth-order valence-corrected chi connectivity index (χ4v) is 1.37. The molecular formula is C10H14F2N4O2S. The smallest absolute Gasteiger partial charge is 0.413 e. The van der Waals surface area contributed by atoms with E-state index in [4.69, 9.17) is 12.2 Å². The van der Waals surface area contributed by atoms with Crippen LogP contribution >= 0.6 is 12.2 Å². The van der Waals surface area contributed by atoms with Gasteiger partial charge in [-0.25, -0.2) is 13.6 Å². The SMILES string of the molecule is CCOC(=O)NC(=S)NCc1ccn(CC(F)F)n1. The Bertz CT molecular complexity index is 439. The van der Waals surface area contributed by atoms with Gasteiger partial charge in [-0.15, -0.1) is 0 Å². The molecule has 1 heterocycles. The molecule has 19 heavy (non-hydrogen) atoms. The number of thiocarbonyl (C=S) groups is 1. The molecule has 1 rings (SSSR count). The predicted molar refractivity (Wildman–Crippen MR) is 67.8 cm³/mol. The minimum atomic E-state index is -2.45. The summed E-state index contributed by atoms with van der Waals surface area (Å²) >= 11 is 4.84. The van der Waals surface area contributed by atoms with Crippen molar-refractivity contribution in [2.45, 2.75) is 26.4 Å². The Hall–Kier alpha value is -1.77. The standard InChI is InChI=1S/C10H14F2N4O2S/c1-2-18-10(17)14-9(19)13-5-7-3-4-16(15-7)6-8(11)12/h3-4,8H,2,5-6H2,1H3,(H2,13,14,17,19). The number of alkyl halides is 2. The molecule has 1 aromatic rings. The van der Waals surface area contributed by atoms with Gasteiger partial charge in [-0.05, 0) is 25.2 Å². The van der Waals surface area contributed by atoms with E-state index >= 15 is 0 Å². The van der Waals surface area contributed by atoms with E-state index in [0.717, 1.165) is 4.68 Å². The number of carbonyl (C=O) groups is 1. The summed E-state index contributed by atoms with van der Waals surface area (Å²) in [5.74, 6) is 0. The molecule has 0 saturated carbocycles. The fraction of sp³-hybridized carbons (Fsp3) is 0.500. The van der Waals surface area contributed by atoms with Gasteiger partial charge in [-0.3, -0.25) is 10.00 Å². The second-order valence-electron chi connectivity index (χ2n) is 3.45. The highest BCUT2D eigenvalue weighted by Crippen LogP contribution is 2.00. The number of amides is 1. The molecule has 106 valence electrons. The lowest BCUT2D eigenvalue weighted by atomic mass is 10.4. The van der Waals surface area contributed by atoms with Gasteiger partial charge < -0.3 is 10.1 Å². The summed E-state index contributed by atoms with van der Waals surface area (Å²) in [7, 11) is 0. The van der Waals surface area contributed by atoms with E-state index in [1.54, 1.807) is 13.0 Å². The number of hydrogen-bond acceptors (Lipinski definition) is 4. The Morgan fingerprint density at radius 1 is 1.63 bits per heavy atom. The zero-order chi connectivity index (χ0) is 14.3. The van der Waals surface area contributed by atoms with Crippen LogP contribution in [0.3, 0.4) is 0 Å². The van der Waals surface area contributed by atoms with E-state index in [2.05, 4.69) is 20.5 Å². The summed E-state index contributed by atoms with van der Waals surface area (Å²) in [5.41, 5.74) is 0.536. The molecule has 0 aliphatic rings. The van der Waals surface area contributed by atoms with Gasteiger partial charge in [0.25, 0.3) is 6.43 Å². The summed E-state index contributed by atoms with van der Waals surface area (Å²) in [6.45, 7) is 1.69. The fourth-order valence-electron chi connectivity index (χ4n) is 1.22. The minimum Gasteiger partial charge on any atom is -0.450 e. The lowest BCUT2D eigenvalue weighted by Gasteiger charge is -2.07. The molecule has 0 aromatic carbocycles. The number of hydrogen-bond donors (Lipinski definition) is 2. The van der Waals surface area contributed by atoms with Crippen molar-refractivity contribution in [3.63, 3.8) is 0 Å². The number of alkyl carbamates (subject to hydrolysis) is 1.